The zero-order chi connectivity index (χ0) is 30.0. The highest BCUT2D eigenvalue weighted by atomic mass is 16.5. The predicted molar refractivity (Wildman–Crippen MR) is 167 cm³/mol. The van der Waals surface area contributed by atoms with Crippen LogP contribution in [0.2, 0.25) is 0 Å². The standard InChI is InChI=1S/C35H42N2O5/c1-4-35(5-2,34(39)40)24-32(38)36-28-11-8-10-27(23-28)15-20-31-25(3)12-21-33(37-31)41-22-7-6-9-26-13-16-29(17-14-26)42-30-18-19-30/h8,10-17,20-21,23,30H,4-7,9,18-19,22,24H2,1-3H3,(H,36,38)(H,39,40). The minimum absolute atomic E-state index is 0.0613. The topological polar surface area (TPSA) is 97.8 Å². The van der Waals surface area contributed by atoms with Gasteiger partial charge in [0.05, 0.1) is 23.8 Å². The number of unbranched alkanes of at least 4 members (excludes halogenated alkanes) is 1. The second kappa shape index (κ2) is 14.7. The van der Waals surface area contributed by atoms with Gasteiger partial charge in [-0.05, 0) is 98.9 Å². The molecular formula is C35H42N2O5. The molecule has 42 heavy (non-hydrogen) atoms. The van der Waals surface area contributed by atoms with Crippen molar-refractivity contribution in [1.82, 2.24) is 4.98 Å². The molecule has 2 aromatic carbocycles. The van der Waals surface area contributed by atoms with E-state index in [1.165, 1.54) is 18.4 Å². The number of carboxylic acids is 1. The number of hydrogen-bond donors (Lipinski definition) is 2. The average molecular weight is 571 g/mol. The van der Waals surface area contributed by atoms with Crippen LogP contribution in [0.5, 0.6) is 11.6 Å². The van der Waals surface area contributed by atoms with Gasteiger partial charge in [0.1, 0.15) is 5.75 Å². The zero-order valence-corrected chi connectivity index (χ0v) is 24.9. The molecular weight excluding hydrogens is 528 g/mol. The van der Waals surface area contributed by atoms with Crippen molar-refractivity contribution in [3.63, 3.8) is 0 Å². The fraction of sp³-hybridized carbons (Fsp3) is 0.400. The summed E-state index contributed by atoms with van der Waals surface area (Å²) in [5, 5.41) is 12.5. The summed E-state index contributed by atoms with van der Waals surface area (Å²) < 4.78 is 11.8. The number of aryl methyl sites for hydroxylation is 2. The van der Waals surface area contributed by atoms with E-state index in [0.29, 0.717) is 37.1 Å². The molecule has 7 nitrogen and oxygen atoms in total. The molecule has 0 aliphatic heterocycles. The molecule has 0 saturated heterocycles. The first-order chi connectivity index (χ1) is 20.3. The monoisotopic (exact) mass is 570 g/mol. The number of aliphatic carboxylic acids is 1. The van der Waals surface area contributed by atoms with Crippen molar-refractivity contribution in [2.75, 3.05) is 11.9 Å². The Balaban J connectivity index is 1.26. The fourth-order valence-electron chi connectivity index (χ4n) is 4.78. The van der Waals surface area contributed by atoms with E-state index in [1.807, 2.05) is 49.4 Å². The molecule has 1 aliphatic carbocycles. The van der Waals surface area contributed by atoms with Crippen LogP contribution in [-0.2, 0) is 16.0 Å². The van der Waals surface area contributed by atoms with E-state index in [2.05, 4.69) is 34.6 Å². The molecule has 1 amide bonds. The summed E-state index contributed by atoms with van der Waals surface area (Å²) in [6.07, 6.45) is 10.3. The van der Waals surface area contributed by atoms with Gasteiger partial charge in [-0.2, -0.15) is 0 Å². The van der Waals surface area contributed by atoms with E-state index in [4.69, 9.17) is 9.47 Å². The highest BCUT2D eigenvalue weighted by Crippen LogP contribution is 2.31. The number of aromatic nitrogens is 1. The van der Waals surface area contributed by atoms with Crippen molar-refractivity contribution in [1.29, 1.82) is 0 Å². The van der Waals surface area contributed by atoms with Crippen LogP contribution in [0.25, 0.3) is 12.2 Å². The number of ether oxygens (including phenoxy) is 2. The van der Waals surface area contributed by atoms with Gasteiger partial charge in [0.15, 0.2) is 0 Å². The highest BCUT2D eigenvalue weighted by Gasteiger charge is 2.37. The molecule has 7 heteroatoms. The third-order valence-corrected chi connectivity index (χ3v) is 7.88. The van der Waals surface area contributed by atoms with Crippen LogP contribution in [0, 0.1) is 12.3 Å². The first-order valence-corrected chi connectivity index (χ1v) is 15.0. The lowest BCUT2D eigenvalue weighted by atomic mass is 9.79. The molecule has 1 heterocycles. The van der Waals surface area contributed by atoms with Crippen molar-refractivity contribution in [3.05, 3.63) is 83.0 Å². The second-order valence-corrected chi connectivity index (χ2v) is 11.1. The summed E-state index contributed by atoms with van der Waals surface area (Å²) in [7, 11) is 0. The number of anilines is 1. The molecule has 1 saturated carbocycles. The number of carbonyl (C=O) groups excluding carboxylic acids is 1. The number of carboxylic acid groups (broad SMARTS) is 1. The van der Waals surface area contributed by atoms with Gasteiger partial charge in [-0.1, -0.05) is 50.3 Å². The van der Waals surface area contributed by atoms with Crippen molar-refractivity contribution in [2.45, 2.75) is 78.2 Å². The van der Waals surface area contributed by atoms with Gasteiger partial charge in [-0.3, -0.25) is 9.59 Å². The Morgan fingerprint density at radius 3 is 2.48 bits per heavy atom. The Bertz CT molecular complexity index is 1370. The van der Waals surface area contributed by atoms with Gasteiger partial charge in [0.25, 0.3) is 0 Å². The zero-order valence-electron chi connectivity index (χ0n) is 24.9. The van der Waals surface area contributed by atoms with Crippen LogP contribution in [0.15, 0.2) is 60.7 Å². The lowest BCUT2D eigenvalue weighted by molar-refractivity contribution is -0.151. The van der Waals surface area contributed by atoms with Crippen molar-refractivity contribution >= 4 is 29.7 Å². The first kappa shape index (κ1) is 30.8. The lowest BCUT2D eigenvalue weighted by Gasteiger charge is -2.25. The summed E-state index contributed by atoms with van der Waals surface area (Å²) in [6, 6.07) is 19.8. The SMILES string of the molecule is CCC(CC)(CC(=O)Nc1cccc(C=Cc2nc(OCCCCc3ccc(OC4CC4)cc3)ccc2C)c1)C(=O)O. The molecule has 3 aromatic rings. The van der Waals surface area contributed by atoms with Crippen molar-refractivity contribution in [2.24, 2.45) is 5.41 Å². The Morgan fingerprint density at radius 1 is 1.02 bits per heavy atom. The van der Waals surface area contributed by atoms with Gasteiger partial charge in [-0.25, -0.2) is 4.98 Å². The van der Waals surface area contributed by atoms with Gasteiger partial charge >= 0.3 is 5.97 Å². The molecule has 0 radical (unpaired) electrons. The molecule has 222 valence electrons. The smallest absolute Gasteiger partial charge is 0.310 e. The van der Waals surface area contributed by atoms with Crippen LogP contribution in [0.3, 0.4) is 0 Å². The summed E-state index contributed by atoms with van der Waals surface area (Å²) in [4.78, 5) is 29.1. The fourth-order valence-corrected chi connectivity index (χ4v) is 4.78. The number of amides is 1. The molecule has 0 spiro atoms. The number of hydrogen-bond acceptors (Lipinski definition) is 5. The summed E-state index contributed by atoms with van der Waals surface area (Å²) in [6.45, 7) is 6.21. The summed E-state index contributed by atoms with van der Waals surface area (Å²) >= 11 is 0. The van der Waals surface area contributed by atoms with Crippen molar-refractivity contribution < 1.29 is 24.2 Å². The number of carbonyl (C=O) groups is 2. The second-order valence-electron chi connectivity index (χ2n) is 11.1. The molecule has 2 N–H and O–H groups in total. The van der Waals surface area contributed by atoms with Crippen molar-refractivity contribution in [3.8, 4) is 11.6 Å². The normalized spacial score (nSPS) is 13.2. The van der Waals surface area contributed by atoms with E-state index in [-0.39, 0.29) is 12.3 Å². The maximum Gasteiger partial charge on any atom is 0.310 e. The Morgan fingerprint density at radius 2 is 1.79 bits per heavy atom. The maximum atomic E-state index is 12.6. The van der Waals surface area contributed by atoms with E-state index in [9.17, 15) is 14.7 Å². The van der Waals surface area contributed by atoms with E-state index in [0.717, 1.165) is 41.8 Å². The Kier molecular flexibility index (Phi) is 10.8. The quantitative estimate of drug-likeness (QED) is 0.171. The lowest BCUT2D eigenvalue weighted by Crippen LogP contribution is -2.34. The third kappa shape index (κ3) is 8.93. The first-order valence-electron chi connectivity index (χ1n) is 15.0. The van der Waals surface area contributed by atoms with E-state index < -0.39 is 11.4 Å². The molecule has 0 bridgehead atoms. The molecule has 1 fully saturated rings. The van der Waals surface area contributed by atoms with Gasteiger partial charge in [0.2, 0.25) is 11.8 Å². The molecule has 0 unspecified atom stereocenters. The van der Waals surface area contributed by atoms with Crippen LogP contribution in [0.4, 0.5) is 5.69 Å². The highest BCUT2D eigenvalue weighted by molar-refractivity contribution is 5.94. The average Bonchev–Trinajstić information content (AvgIpc) is 3.81. The molecule has 0 atom stereocenters. The molecule has 4 rings (SSSR count). The number of rotatable bonds is 16. The predicted octanol–water partition coefficient (Wildman–Crippen LogP) is 7.72. The van der Waals surface area contributed by atoms with Crippen LogP contribution < -0.4 is 14.8 Å². The minimum Gasteiger partial charge on any atom is -0.490 e. The summed E-state index contributed by atoms with van der Waals surface area (Å²) in [5.41, 5.74) is 3.61. The van der Waals surface area contributed by atoms with Crippen LogP contribution in [-0.4, -0.2) is 34.7 Å². The van der Waals surface area contributed by atoms with E-state index in [1.54, 1.807) is 19.9 Å². The number of nitrogens with zero attached hydrogens (tertiary/aromatic N) is 1. The largest absolute Gasteiger partial charge is 0.490 e. The van der Waals surface area contributed by atoms with Gasteiger partial charge < -0.3 is 19.9 Å². The Labute approximate surface area is 249 Å². The van der Waals surface area contributed by atoms with Crippen LogP contribution in [0.1, 0.15) is 81.2 Å². The molecule has 1 aromatic heterocycles. The van der Waals surface area contributed by atoms with Gasteiger partial charge in [-0.15, -0.1) is 0 Å². The van der Waals surface area contributed by atoms with E-state index >= 15 is 0 Å². The Hall–Kier alpha value is -4.13. The van der Waals surface area contributed by atoms with Crippen LogP contribution >= 0.6 is 0 Å². The number of benzene rings is 2. The maximum absolute atomic E-state index is 12.6. The minimum atomic E-state index is -1.05. The summed E-state index contributed by atoms with van der Waals surface area (Å²) in [5.74, 6) is 0.314. The molecule has 1 aliphatic rings. The number of pyridine rings is 1. The number of nitrogens with one attached hydrogen (secondary N) is 1. The third-order valence-electron chi connectivity index (χ3n) is 7.88. The van der Waals surface area contributed by atoms with Gasteiger partial charge in [0, 0.05) is 18.2 Å².